The Balaban J connectivity index is 2.90. The Bertz CT molecular complexity index is 392. The molecule has 2 aromatic heterocycles. The van der Waals surface area contributed by atoms with Crippen LogP contribution in [-0.4, -0.2) is 9.97 Å². The summed E-state index contributed by atoms with van der Waals surface area (Å²) >= 11 is 1.69. The van der Waals surface area contributed by atoms with Crippen LogP contribution in [0.2, 0.25) is 0 Å². The SMILES string of the molecule is Cc1nc2c(C)cncc2s1. The molecule has 0 amide bonds. The molecule has 11 heavy (non-hydrogen) atoms. The molecule has 0 radical (unpaired) electrons. The minimum atomic E-state index is 1.10. The predicted octanol–water partition coefficient (Wildman–Crippen LogP) is 2.31. The number of nitrogens with zero attached hydrogens (tertiary/aromatic N) is 2. The topological polar surface area (TPSA) is 25.8 Å². The van der Waals surface area contributed by atoms with Gasteiger partial charge in [0, 0.05) is 12.4 Å². The third-order valence-electron chi connectivity index (χ3n) is 1.59. The lowest BCUT2D eigenvalue weighted by Gasteiger charge is -1.89. The minimum Gasteiger partial charge on any atom is -0.263 e. The summed E-state index contributed by atoms with van der Waals surface area (Å²) in [7, 11) is 0. The van der Waals surface area contributed by atoms with Gasteiger partial charge in [-0.3, -0.25) is 4.98 Å². The predicted molar refractivity (Wildman–Crippen MR) is 46.9 cm³/mol. The summed E-state index contributed by atoms with van der Waals surface area (Å²) < 4.78 is 1.18. The molecule has 0 atom stereocenters. The van der Waals surface area contributed by atoms with Gasteiger partial charge >= 0.3 is 0 Å². The zero-order valence-corrected chi connectivity index (χ0v) is 7.27. The quantitative estimate of drug-likeness (QED) is 0.597. The van der Waals surface area contributed by atoms with Crippen molar-refractivity contribution in [2.75, 3.05) is 0 Å². The van der Waals surface area contributed by atoms with Gasteiger partial charge in [0.05, 0.1) is 15.2 Å². The van der Waals surface area contributed by atoms with E-state index in [1.54, 1.807) is 11.3 Å². The highest BCUT2D eigenvalue weighted by molar-refractivity contribution is 7.18. The van der Waals surface area contributed by atoms with Crippen molar-refractivity contribution in [3.63, 3.8) is 0 Å². The number of thiazole rings is 1. The average molecular weight is 164 g/mol. The molecule has 0 bridgehead atoms. The van der Waals surface area contributed by atoms with Crippen LogP contribution in [0.1, 0.15) is 10.6 Å². The Kier molecular flexibility index (Phi) is 1.39. The van der Waals surface area contributed by atoms with Crippen molar-refractivity contribution in [2.24, 2.45) is 0 Å². The molecule has 0 aliphatic heterocycles. The third-order valence-corrected chi connectivity index (χ3v) is 2.50. The van der Waals surface area contributed by atoms with Crippen molar-refractivity contribution in [1.29, 1.82) is 0 Å². The number of pyridine rings is 1. The number of rotatable bonds is 0. The van der Waals surface area contributed by atoms with Crippen molar-refractivity contribution < 1.29 is 0 Å². The smallest absolute Gasteiger partial charge is 0.0908 e. The van der Waals surface area contributed by atoms with Crippen LogP contribution in [0.5, 0.6) is 0 Å². The highest BCUT2D eigenvalue weighted by atomic mass is 32.1. The van der Waals surface area contributed by atoms with E-state index in [-0.39, 0.29) is 0 Å². The molecule has 0 spiro atoms. The van der Waals surface area contributed by atoms with Crippen LogP contribution in [-0.2, 0) is 0 Å². The fraction of sp³-hybridized carbons (Fsp3) is 0.250. The number of fused-ring (bicyclic) bond motifs is 1. The molecular formula is C8H8N2S. The lowest BCUT2D eigenvalue weighted by atomic mass is 10.3. The molecule has 0 aliphatic carbocycles. The van der Waals surface area contributed by atoms with Crippen LogP contribution < -0.4 is 0 Å². The Labute approximate surface area is 68.9 Å². The fourth-order valence-electron chi connectivity index (χ4n) is 1.09. The van der Waals surface area contributed by atoms with Gasteiger partial charge in [-0.25, -0.2) is 4.98 Å². The third kappa shape index (κ3) is 1.01. The van der Waals surface area contributed by atoms with E-state index in [2.05, 4.69) is 9.97 Å². The van der Waals surface area contributed by atoms with Gasteiger partial charge in [-0.15, -0.1) is 11.3 Å². The van der Waals surface area contributed by atoms with Crippen LogP contribution in [0.25, 0.3) is 10.2 Å². The van der Waals surface area contributed by atoms with Gasteiger partial charge in [0.25, 0.3) is 0 Å². The highest BCUT2D eigenvalue weighted by Gasteiger charge is 2.01. The number of aromatic nitrogens is 2. The first-order valence-corrected chi connectivity index (χ1v) is 4.27. The Hall–Kier alpha value is -0.960. The van der Waals surface area contributed by atoms with Crippen molar-refractivity contribution in [3.8, 4) is 0 Å². The maximum absolute atomic E-state index is 4.39. The van der Waals surface area contributed by atoms with E-state index in [1.807, 2.05) is 26.2 Å². The molecule has 0 aliphatic rings. The number of hydrogen-bond acceptors (Lipinski definition) is 3. The summed E-state index contributed by atoms with van der Waals surface area (Å²) in [5.41, 5.74) is 2.26. The van der Waals surface area contributed by atoms with Crippen LogP contribution in [0.3, 0.4) is 0 Å². The summed E-state index contributed by atoms with van der Waals surface area (Å²) in [6, 6.07) is 0. The van der Waals surface area contributed by atoms with Crippen molar-refractivity contribution in [1.82, 2.24) is 9.97 Å². The maximum Gasteiger partial charge on any atom is 0.0908 e. The van der Waals surface area contributed by atoms with E-state index in [4.69, 9.17) is 0 Å². The van der Waals surface area contributed by atoms with Crippen LogP contribution >= 0.6 is 11.3 Å². The summed E-state index contributed by atoms with van der Waals surface area (Å²) in [5.74, 6) is 0. The van der Waals surface area contributed by atoms with Gasteiger partial charge in [0.2, 0.25) is 0 Å². The summed E-state index contributed by atoms with van der Waals surface area (Å²) in [4.78, 5) is 8.49. The van der Waals surface area contributed by atoms with Gasteiger partial charge in [-0.05, 0) is 19.4 Å². The molecule has 0 saturated carbocycles. The Morgan fingerprint density at radius 2 is 2.09 bits per heavy atom. The normalized spacial score (nSPS) is 10.7. The second-order valence-corrected chi connectivity index (χ2v) is 3.77. The highest BCUT2D eigenvalue weighted by Crippen LogP contribution is 2.22. The fourth-order valence-corrected chi connectivity index (χ4v) is 1.96. The van der Waals surface area contributed by atoms with Crippen LogP contribution in [0, 0.1) is 13.8 Å². The minimum absolute atomic E-state index is 1.10. The van der Waals surface area contributed by atoms with Crippen molar-refractivity contribution in [2.45, 2.75) is 13.8 Å². The van der Waals surface area contributed by atoms with Gasteiger partial charge in [-0.2, -0.15) is 0 Å². The van der Waals surface area contributed by atoms with E-state index in [0.29, 0.717) is 0 Å². The lowest BCUT2D eigenvalue weighted by Crippen LogP contribution is -1.77. The van der Waals surface area contributed by atoms with Crippen LogP contribution in [0.4, 0.5) is 0 Å². The summed E-state index contributed by atoms with van der Waals surface area (Å²) in [5, 5.41) is 1.11. The molecule has 3 heteroatoms. The molecule has 56 valence electrons. The molecule has 2 heterocycles. The lowest BCUT2D eigenvalue weighted by molar-refractivity contribution is 1.27. The monoisotopic (exact) mass is 164 g/mol. The first-order valence-electron chi connectivity index (χ1n) is 3.45. The molecule has 2 nitrogen and oxygen atoms in total. The van der Waals surface area contributed by atoms with Crippen molar-refractivity contribution >= 4 is 21.6 Å². The zero-order chi connectivity index (χ0) is 7.84. The van der Waals surface area contributed by atoms with E-state index in [0.717, 1.165) is 16.1 Å². The zero-order valence-electron chi connectivity index (χ0n) is 6.46. The average Bonchev–Trinajstić information content (AvgIpc) is 2.31. The number of aryl methyl sites for hydroxylation is 2. The van der Waals surface area contributed by atoms with E-state index < -0.39 is 0 Å². The molecule has 0 aromatic carbocycles. The van der Waals surface area contributed by atoms with Gasteiger partial charge in [0.15, 0.2) is 0 Å². The first-order chi connectivity index (χ1) is 5.27. The van der Waals surface area contributed by atoms with Gasteiger partial charge in [0.1, 0.15) is 0 Å². The second kappa shape index (κ2) is 2.27. The van der Waals surface area contributed by atoms with Gasteiger partial charge in [-0.1, -0.05) is 0 Å². The van der Waals surface area contributed by atoms with Crippen molar-refractivity contribution in [3.05, 3.63) is 23.0 Å². The summed E-state index contributed by atoms with van der Waals surface area (Å²) in [6.07, 6.45) is 3.72. The molecule has 0 unspecified atom stereocenters. The summed E-state index contributed by atoms with van der Waals surface area (Å²) in [6.45, 7) is 4.05. The number of hydrogen-bond donors (Lipinski definition) is 0. The molecule has 2 rings (SSSR count). The molecule has 0 saturated heterocycles. The standard InChI is InChI=1S/C8H8N2S/c1-5-3-9-4-7-8(5)10-6(2)11-7/h3-4H,1-2H3. The molecular weight excluding hydrogens is 156 g/mol. The van der Waals surface area contributed by atoms with Gasteiger partial charge < -0.3 is 0 Å². The van der Waals surface area contributed by atoms with E-state index >= 15 is 0 Å². The van der Waals surface area contributed by atoms with E-state index in [9.17, 15) is 0 Å². The second-order valence-electron chi connectivity index (χ2n) is 2.54. The van der Waals surface area contributed by atoms with E-state index in [1.165, 1.54) is 4.70 Å². The Morgan fingerprint density at radius 1 is 1.27 bits per heavy atom. The maximum atomic E-state index is 4.39. The van der Waals surface area contributed by atoms with Crippen LogP contribution in [0.15, 0.2) is 12.4 Å². The Morgan fingerprint density at radius 3 is 2.82 bits per heavy atom. The largest absolute Gasteiger partial charge is 0.263 e. The molecule has 2 aromatic rings. The first kappa shape index (κ1) is 6.73. The molecule has 0 N–H and O–H groups in total. The molecule has 0 fully saturated rings.